The summed E-state index contributed by atoms with van der Waals surface area (Å²) < 4.78 is 38.7. The van der Waals surface area contributed by atoms with Crippen LogP contribution in [0, 0.1) is 0 Å². The first-order valence-corrected chi connectivity index (χ1v) is 9.39. The van der Waals surface area contributed by atoms with Gasteiger partial charge in [-0.1, -0.05) is 12.1 Å². The lowest BCUT2D eigenvalue weighted by atomic mass is 9.91. The Morgan fingerprint density at radius 3 is 2.54 bits per heavy atom. The second kappa shape index (κ2) is 6.73. The fraction of sp³-hybridized carbons (Fsp3) is 0.333. The highest BCUT2D eigenvalue weighted by Gasteiger charge is 2.22. The van der Waals surface area contributed by atoms with Crippen LogP contribution in [-0.4, -0.2) is 22.6 Å². The van der Waals surface area contributed by atoms with Crippen LogP contribution in [0.4, 0.5) is 5.69 Å². The first-order chi connectivity index (χ1) is 11.5. The minimum Gasteiger partial charge on any atom is -0.497 e. The van der Waals surface area contributed by atoms with Gasteiger partial charge in [0.15, 0.2) is 0 Å². The van der Waals surface area contributed by atoms with E-state index in [0.717, 1.165) is 31.2 Å². The molecule has 2 aromatic carbocycles. The van der Waals surface area contributed by atoms with Crippen molar-refractivity contribution in [3.63, 3.8) is 0 Å². The molecule has 0 bridgehead atoms. The molecule has 0 spiro atoms. The maximum absolute atomic E-state index is 12.8. The van der Waals surface area contributed by atoms with E-state index >= 15 is 0 Å². The molecule has 1 aliphatic carbocycles. The first-order valence-electron chi connectivity index (χ1n) is 7.91. The van der Waals surface area contributed by atoms with Crippen molar-refractivity contribution in [3.8, 4) is 11.5 Å². The van der Waals surface area contributed by atoms with Crippen molar-refractivity contribution in [2.45, 2.75) is 30.6 Å². The van der Waals surface area contributed by atoms with Crippen molar-refractivity contribution >= 4 is 15.7 Å². The Kier molecular flexibility index (Phi) is 4.66. The molecule has 6 heteroatoms. The van der Waals surface area contributed by atoms with Gasteiger partial charge in [0.05, 0.1) is 19.9 Å². The minimum atomic E-state index is -3.75. The summed E-state index contributed by atoms with van der Waals surface area (Å²) in [5.41, 5.74) is 2.98. The lowest BCUT2D eigenvalue weighted by molar-refractivity contribution is 0.386. The Bertz CT molecular complexity index is 846. The van der Waals surface area contributed by atoms with Gasteiger partial charge in [0, 0.05) is 6.07 Å². The molecular formula is C18H21NO4S. The predicted molar refractivity (Wildman–Crippen MR) is 93.4 cm³/mol. The van der Waals surface area contributed by atoms with Gasteiger partial charge in [-0.3, -0.25) is 4.72 Å². The highest BCUT2D eigenvalue weighted by atomic mass is 32.2. The van der Waals surface area contributed by atoms with Crippen molar-refractivity contribution < 1.29 is 17.9 Å². The number of ether oxygens (including phenoxy) is 2. The van der Waals surface area contributed by atoms with E-state index in [1.807, 2.05) is 12.1 Å². The summed E-state index contributed by atoms with van der Waals surface area (Å²) in [6.45, 7) is 0. The van der Waals surface area contributed by atoms with Crippen molar-refractivity contribution in [2.24, 2.45) is 0 Å². The standard InChI is InChI=1S/C18H21NO4S/c1-22-14-10-11-18(17(12-14)23-2)24(20,21)19-16-9-5-7-13-6-3-4-8-15(13)16/h5,7,9-12,19H,3-4,6,8H2,1-2H3. The second-order valence-electron chi connectivity index (χ2n) is 5.77. The SMILES string of the molecule is COc1ccc(S(=O)(=O)Nc2cccc3c2CCCC3)c(OC)c1. The van der Waals surface area contributed by atoms with E-state index in [1.165, 1.54) is 25.8 Å². The average Bonchev–Trinajstić information content (AvgIpc) is 2.61. The molecule has 1 N–H and O–H groups in total. The topological polar surface area (TPSA) is 64.6 Å². The monoisotopic (exact) mass is 347 g/mol. The van der Waals surface area contributed by atoms with Gasteiger partial charge < -0.3 is 9.47 Å². The zero-order valence-electron chi connectivity index (χ0n) is 13.8. The molecule has 0 aliphatic heterocycles. The highest BCUT2D eigenvalue weighted by Crippen LogP contribution is 2.33. The van der Waals surface area contributed by atoms with Crippen LogP contribution in [0.25, 0.3) is 0 Å². The number of aryl methyl sites for hydroxylation is 1. The number of methoxy groups -OCH3 is 2. The molecule has 0 unspecified atom stereocenters. The van der Waals surface area contributed by atoms with Gasteiger partial charge in [0.25, 0.3) is 10.0 Å². The normalized spacial score (nSPS) is 13.9. The maximum atomic E-state index is 12.8. The number of rotatable bonds is 5. The first kappa shape index (κ1) is 16.6. The number of hydrogen-bond acceptors (Lipinski definition) is 4. The van der Waals surface area contributed by atoms with E-state index in [9.17, 15) is 8.42 Å². The van der Waals surface area contributed by atoms with Crippen LogP contribution < -0.4 is 14.2 Å². The van der Waals surface area contributed by atoms with Crippen LogP contribution in [0.3, 0.4) is 0 Å². The van der Waals surface area contributed by atoms with Crippen LogP contribution in [0.2, 0.25) is 0 Å². The maximum Gasteiger partial charge on any atom is 0.265 e. The van der Waals surface area contributed by atoms with Gasteiger partial charge in [-0.15, -0.1) is 0 Å². The number of sulfonamides is 1. The zero-order chi connectivity index (χ0) is 17.2. The summed E-state index contributed by atoms with van der Waals surface area (Å²) in [7, 11) is -0.777. The Morgan fingerprint density at radius 2 is 1.79 bits per heavy atom. The molecule has 24 heavy (non-hydrogen) atoms. The lowest BCUT2D eigenvalue weighted by Gasteiger charge is -2.20. The molecule has 0 saturated carbocycles. The highest BCUT2D eigenvalue weighted by molar-refractivity contribution is 7.92. The predicted octanol–water partition coefficient (Wildman–Crippen LogP) is 3.38. The van der Waals surface area contributed by atoms with E-state index < -0.39 is 10.0 Å². The number of anilines is 1. The largest absolute Gasteiger partial charge is 0.497 e. The Balaban J connectivity index is 1.98. The third kappa shape index (κ3) is 3.19. The average molecular weight is 347 g/mol. The molecule has 0 atom stereocenters. The zero-order valence-corrected chi connectivity index (χ0v) is 14.7. The molecule has 128 valence electrons. The molecule has 0 amide bonds. The fourth-order valence-electron chi connectivity index (χ4n) is 3.07. The molecule has 2 aromatic rings. The lowest BCUT2D eigenvalue weighted by Crippen LogP contribution is -2.17. The van der Waals surface area contributed by atoms with E-state index in [2.05, 4.69) is 10.8 Å². The van der Waals surface area contributed by atoms with Gasteiger partial charge in [0.2, 0.25) is 0 Å². The Morgan fingerprint density at radius 1 is 1.00 bits per heavy atom. The third-order valence-electron chi connectivity index (χ3n) is 4.30. The molecule has 3 rings (SSSR count). The quantitative estimate of drug-likeness (QED) is 0.900. The Labute approximate surface area is 142 Å². The van der Waals surface area contributed by atoms with Crippen LogP contribution in [-0.2, 0) is 22.9 Å². The number of benzene rings is 2. The number of nitrogens with one attached hydrogen (secondary N) is 1. The van der Waals surface area contributed by atoms with Crippen LogP contribution >= 0.6 is 0 Å². The van der Waals surface area contributed by atoms with Crippen molar-refractivity contribution in [1.29, 1.82) is 0 Å². The van der Waals surface area contributed by atoms with E-state index in [-0.39, 0.29) is 10.6 Å². The van der Waals surface area contributed by atoms with Crippen molar-refractivity contribution in [3.05, 3.63) is 47.5 Å². The van der Waals surface area contributed by atoms with E-state index in [1.54, 1.807) is 12.1 Å². The summed E-state index contributed by atoms with van der Waals surface area (Å²) >= 11 is 0. The minimum absolute atomic E-state index is 0.0965. The Hall–Kier alpha value is -2.21. The summed E-state index contributed by atoms with van der Waals surface area (Å²) in [5.74, 6) is 0.800. The van der Waals surface area contributed by atoms with Gasteiger partial charge in [-0.05, 0) is 55.0 Å². The van der Waals surface area contributed by atoms with Crippen molar-refractivity contribution in [2.75, 3.05) is 18.9 Å². The summed E-state index contributed by atoms with van der Waals surface area (Å²) in [5, 5.41) is 0. The van der Waals surface area contributed by atoms with Crippen LogP contribution in [0.15, 0.2) is 41.3 Å². The van der Waals surface area contributed by atoms with Gasteiger partial charge in [0.1, 0.15) is 16.4 Å². The van der Waals surface area contributed by atoms with Crippen molar-refractivity contribution in [1.82, 2.24) is 0 Å². The van der Waals surface area contributed by atoms with E-state index in [0.29, 0.717) is 11.4 Å². The molecule has 0 aromatic heterocycles. The van der Waals surface area contributed by atoms with Gasteiger partial charge >= 0.3 is 0 Å². The number of fused-ring (bicyclic) bond motifs is 1. The van der Waals surface area contributed by atoms with Crippen LogP contribution in [0.5, 0.6) is 11.5 Å². The molecule has 0 fully saturated rings. The second-order valence-corrected chi connectivity index (χ2v) is 7.42. The van der Waals surface area contributed by atoms with Gasteiger partial charge in [-0.25, -0.2) is 8.42 Å². The molecule has 1 aliphatic rings. The van der Waals surface area contributed by atoms with E-state index in [4.69, 9.17) is 9.47 Å². The summed E-state index contributed by atoms with van der Waals surface area (Å²) in [6, 6.07) is 10.5. The smallest absolute Gasteiger partial charge is 0.265 e. The molecular weight excluding hydrogens is 326 g/mol. The van der Waals surface area contributed by atoms with Gasteiger partial charge in [-0.2, -0.15) is 0 Å². The third-order valence-corrected chi connectivity index (χ3v) is 5.71. The summed E-state index contributed by atoms with van der Waals surface area (Å²) in [6.07, 6.45) is 4.12. The summed E-state index contributed by atoms with van der Waals surface area (Å²) in [4.78, 5) is 0.0965. The molecule has 0 radical (unpaired) electrons. The molecule has 5 nitrogen and oxygen atoms in total. The number of hydrogen-bond donors (Lipinski definition) is 1. The molecule has 0 saturated heterocycles. The molecule has 0 heterocycles. The fourth-order valence-corrected chi connectivity index (χ4v) is 4.32. The van der Waals surface area contributed by atoms with Crippen LogP contribution in [0.1, 0.15) is 24.0 Å².